The Balaban J connectivity index is 1.97. The molecule has 0 amide bonds. The second kappa shape index (κ2) is 6.16. The van der Waals surface area contributed by atoms with Crippen molar-refractivity contribution in [2.75, 3.05) is 6.26 Å². The van der Waals surface area contributed by atoms with E-state index in [-0.39, 0.29) is 0 Å². The van der Waals surface area contributed by atoms with E-state index in [4.69, 9.17) is 23.2 Å². The van der Waals surface area contributed by atoms with E-state index in [1.807, 2.05) is 24.3 Å². The van der Waals surface area contributed by atoms with Crippen LogP contribution in [0.2, 0.25) is 10.0 Å². The molecule has 0 bridgehead atoms. The predicted molar refractivity (Wildman–Crippen MR) is 96.6 cm³/mol. The van der Waals surface area contributed by atoms with Gasteiger partial charge < -0.3 is 0 Å². The standard InChI is InChI=1S/C18H14Cl2O2S/c1-23(21,22)14-8-5-12(6-9-14)15-3-2-4-16(15)13-7-10-17(19)18(20)11-13/h3-11H,2H2,1H3. The molecule has 0 N–H and O–H groups in total. The number of rotatable bonds is 3. The molecule has 1 aliphatic carbocycles. The Bertz CT molecular complexity index is 924. The van der Waals surface area contributed by atoms with E-state index in [1.165, 1.54) is 6.26 Å². The van der Waals surface area contributed by atoms with E-state index in [0.29, 0.717) is 14.9 Å². The lowest BCUT2D eigenvalue weighted by Crippen LogP contribution is -1.97. The zero-order chi connectivity index (χ0) is 16.6. The fourth-order valence-corrected chi connectivity index (χ4v) is 3.54. The molecule has 118 valence electrons. The van der Waals surface area contributed by atoms with Crippen molar-refractivity contribution in [3.05, 3.63) is 75.8 Å². The maximum absolute atomic E-state index is 11.6. The fraction of sp³-hybridized carbons (Fsp3) is 0.111. The van der Waals surface area contributed by atoms with Crippen LogP contribution in [0.1, 0.15) is 17.5 Å². The highest BCUT2D eigenvalue weighted by molar-refractivity contribution is 7.90. The van der Waals surface area contributed by atoms with Gasteiger partial charge in [0.05, 0.1) is 14.9 Å². The zero-order valence-electron chi connectivity index (χ0n) is 12.4. The number of sulfone groups is 1. The Morgan fingerprint density at radius 3 is 1.96 bits per heavy atom. The van der Waals surface area contributed by atoms with Crippen molar-refractivity contribution in [3.8, 4) is 0 Å². The third-order valence-electron chi connectivity index (χ3n) is 3.76. The van der Waals surface area contributed by atoms with Gasteiger partial charge in [-0.2, -0.15) is 0 Å². The van der Waals surface area contributed by atoms with Crippen molar-refractivity contribution in [3.63, 3.8) is 0 Å². The number of benzene rings is 2. The molecule has 23 heavy (non-hydrogen) atoms. The quantitative estimate of drug-likeness (QED) is 0.743. The minimum absolute atomic E-state index is 0.319. The number of hydrogen-bond donors (Lipinski definition) is 0. The van der Waals surface area contributed by atoms with Gasteiger partial charge in [0.25, 0.3) is 0 Å². The summed E-state index contributed by atoms with van der Waals surface area (Å²) in [5.74, 6) is 0. The van der Waals surface area contributed by atoms with E-state index in [2.05, 4.69) is 12.2 Å². The highest BCUT2D eigenvalue weighted by Crippen LogP contribution is 2.38. The van der Waals surface area contributed by atoms with Crippen LogP contribution in [0.25, 0.3) is 11.1 Å². The average Bonchev–Trinajstić information content (AvgIpc) is 2.99. The van der Waals surface area contributed by atoms with Gasteiger partial charge in [0, 0.05) is 6.26 Å². The Morgan fingerprint density at radius 1 is 0.826 bits per heavy atom. The van der Waals surface area contributed by atoms with Crippen LogP contribution in [0.4, 0.5) is 0 Å². The van der Waals surface area contributed by atoms with Crippen LogP contribution in [-0.4, -0.2) is 14.7 Å². The summed E-state index contributed by atoms with van der Waals surface area (Å²) >= 11 is 12.1. The van der Waals surface area contributed by atoms with Gasteiger partial charge in [-0.15, -0.1) is 0 Å². The molecule has 0 aromatic heterocycles. The van der Waals surface area contributed by atoms with Crippen LogP contribution < -0.4 is 0 Å². The lowest BCUT2D eigenvalue weighted by molar-refractivity contribution is 0.602. The Morgan fingerprint density at radius 2 is 1.39 bits per heavy atom. The van der Waals surface area contributed by atoms with Crippen molar-refractivity contribution >= 4 is 44.2 Å². The first-order chi connectivity index (χ1) is 10.9. The van der Waals surface area contributed by atoms with Crippen LogP contribution in [-0.2, 0) is 9.84 Å². The van der Waals surface area contributed by atoms with Gasteiger partial charge in [0.15, 0.2) is 9.84 Å². The Labute approximate surface area is 146 Å². The second-order valence-electron chi connectivity index (χ2n) is 5.40. The molecular formula is C18H14Cl2O2S. The van der Waals surface area contributed by atoms with Gasteiger partial charge in [0.2, 0.25) is 0 Å². The van der Waals surface area contributed by atoms with Gasteiger partial charge in [0.1, 0.15) is 0 Å². The molecule has 3 rings (SSSR count). The summed E-state index contributed by atoms with van der Waals surface area (Å²) in [5.41, 5.74) is 4.13. The maximum atomic E-state index is 11.6. The van der Waals surface area contributed by atoms with Crippen molar-refractivity contribution in [1.29, 1.82) is 0 Å². The minimum Gasteiger partial charge on any atom is -0.224 e. The first-order valence-electron chi connectivity index (χ1n) is 7.03. The molecule has 0 unspecified atom stereocenters. The van der Waals surface area contributed by atoms with Crippen molar-refractivity contribution in [2.45, 2.75) is 11.3 Å². The molecule has 1 aliphatic rings. The average molecular weight is 365 g/mol. The molecule has 5 heteroatoms. The lowest BCUT2D eigenvalue weighted by atomic mass is 9.95. The third kappa shape index (κ3) is 3.37. The van der Waals surface area contributed by atoms with Crippen molar-refractivity contribution in [1.82, 2.24) is 0 Å². The molecule has 0 saturated heterocycles. The molecule has 0 aliphatic heterocycles. The topological polar surface area (TPSA) is 34.1 Å². The van der Waals surface area contributed by atoms with Crippen LogP contribution in [0.5, 0.6) is 0 Å². The largest absolute Gasteiger partial charge is 0.224 e. The molecule has 0 atom stereocenters. The highest BCUT2D eigenvalue weighted by Gasteiger charge is 2.16. The van der Waals surface area contributed by atoms with E-state index >= 15 is 0 Å². The van der Waals surface area contributed by atoms with Gasteiger partial charge in [-0.25, -0.2) is 8.42 Å². The molecule has 0 saturated carbocycles. The predicted octanol–water partition coefficient (Wildman–Crippen LogP) is 5.27. The van der Waals surface area contributed by atoms with Crippen LogP contribution in [0, 0.1) is 0 Å². The lowest BCUT2D eigenvalue weighted by Gasteiger charge is -2.11. The summed E-state index contributed by atoms with van der Waals surface area (Å²) in [4.78, 5) is 0.319. The SMILES string of the molecule is CS(=O)(=O)c1ccc(C2=CCC=C2c2ccc(Cl)c(Cl)c2)cc1. The number of hydrogen-bond acceptors (Lipinski definition) is 2. The summed E-state index contributed by atoms with van der Waals surface area (Å²) in [6.45, 7) is 0. The first kappa shape index (κ1) is 16.3. The first-order valence-corrected chi connectivity index (χ1v) is 9.67. The zero-order valence-corrected chi connectivity index (χ0v) is 14.7. The van der Waals surface area contributed by atoms with E-state index in [1.54, 1.807) is 18.2 Å². The summed E-state index contributed by atoms with van der Waals surface area (Å²) in [6.07, 6.45) is 6.28. The van der Waals surface area contributed by atoms with E-state index in [9.17, 15) is 8.42 Å². The fourth-order valence-electron chi connectivity index (χ4n) is 2.61. The maximum Gasteiger partial charge on any atom is 0.175 e. The summed E-state index contributed by atoms with van der Waals surface area (Å²) in [6, 6.07) is 12.5. The molecule has 2 aromatic carbocycles. The summed E-state index contributed by atoms with van der Waals surface area (Å²) < 4.78 is 23.1. The van der Waals surface area contributed by atoms with Gasteiger partial charge in [-0.1, -0.05) is 53.6 Å². The molecule has 2 aromatic rings. The number of halogens is 2. The van der Waals surface area contributed by atoms with E-state index in [0.717, 1.165) is 28.7 Å². The smallest absolute Gasteiger partial charge is 0.175 e. The van der Waals surface area contributed by atoms with Crippen LogP contribution >= 0.6 is 23.2 Å². The monoisotopic (exact) mass is 364 g/mol. The Kier molecular flexibility index (Phi) is 4.37. The molecule has 2 nitrogen and oxygen atoms in total. The summed E-state index contributed by atoms with van der Waals surface area (Å²) in [7, 11) is -3.19. The molecule has 0 radical (unpaired) electrons. The van der Waals surface area contributed by atoms with Gasteiger partial charge in [-0.05, 0) is 53.0 Å². The number of allylic oxidation sites excluding steroid dienone is 4. The minimum atomic E-state index is -3.19. The normalized spacial score (nSPS) is 14.6. The van der Waals surface area contributed by atoms with Gasteiger partial charge >= 0.3 is 0 Å². The van der Waals surface area contributed by atoms with Crippen molar-refractivity contribution in [2.24, 2.45) is 0 Å². The van der Waals surface area contributed by atoms with Crippen LogP contribution in [0.3, 0.4) is 0 Å². The van der Waals surface area contributed by atoms with E-state index < -0.39 is 9.84 Å². The second-order valence-corrected chi connectivity index (χ2v) is 8.23. The highest BCUT2D eigenvalue weighted by atomic mass is 35.5. The molecule has 0 fully saturated rings. The molecular weight excluding hydrogens is 351 g/mol. The summed E-state index contributed by atoms with van der Waals surface area (Å²) in [5, 5.41) is 1.04. The molecule has 0 spiro atoms. The Hall–Kier alpha value is -1.55. The van der Waals surface area contributed by atoms with Gasteiger partial charge in [-0.3, -0.25) is 0 Å². The third-order valence-corrected chi connectivity index (χ3v) is 5.63. The van der Waals surface area contributed by atoms with Crippen LogP contribution in [0.15, 0.2) is 59.5 Å². The molecule has 0 heterocycles. The van der Waals surface area contributed by atoms with Crippen molar-refractivity contribution < 1.29 is 8.42 Å².